The van der Waals surface area contributed by atoms with Gasteiger partial charge in [-0.15, -0.1) is 0 Å². The van der Waals surface area contributed by atoms with E-state index in [9.17, 15) is 0 Å². The normalized spacial score (nSPS) is 16.9. The molecule has 54 valence electrons. The first-order valence-electron chi connectivity index (χ1n) is 3.62. The Hall–Kier alpha value is -0.440. The largest absolute Gasteiger partial charge is 0.279 e. The molecule has 1 aromatic heterocycles. The minimum Gasteiger partial charge on any atom is -0.279 e. The molecular formula is C7H10N2S. The van der Waals surface area contributed by atoms with Gasteiger partial charge in [-0.1, -0.05) is 12.8 Å². The van der Waals surface area contributed by atoms with E-state index in [1.54, 1.807) is 6.33 Å². The molecule has 0 fully saturated rings. The van der Waals surface area contributed by atoms with Crippen LogP contribution >= 0.6 is 12.8 Å². The van der Waals surface area contributed by atoms with E-state index in [0.29, 0.717) is 0 Å². The molecule has 0 aromatic carbocycles. The summed E-state index contributed by atoms with van der Waals surface area (Å²) in [5.74, 6) is 0. The average molecular weight is 154 g/mol. The van der Waals surface area contributed by atoms with Gasteiger partial charge in [0.25, 0.3) is 0 Å². The molecule has 0 spiro atoms. The van der Waals surface area contributed by atoms with Crippen LogP contribution in [0.2, 0.25) is 0 Å². The molecule has 0 radical (unpaired) electrons. The molecule has 0 atom stereocenters. The molecule has 10 heavy (non-hydrogen) atoms. The van der Waals surface area contributed by atoms with E-state index in [4.69, 9.17) is 0 Å². The number of hydrogen-bond acceptors (Lipinski definition) is 2. The van der Waals surface area contributed by atoms with Crippen LogP contribution in [0.4, 0.5) is 0 Å². The number of thiol groups is 1. The number of nitrogens with zero attached hydrogens (tertiary/aromatic N) is 2. The van der Waals surface area contributed by atoms with Crippen molar-refractivity contribution >= 4 is 12.8 Å². The monoisotopic (exact) mass is 154 g/mol. The van der Waals surface area contributed by atoms with Crippen LogP contribution in [-0.4, -0.2) is 8.96 Å². The number of imidazole rings is 1. The van der Waals surface area contributed by atoms with E-state index in [-0.39, 0.29) is 0 Å². The van der Waals surface area contributed by atoms with Crippen molar-refractivity contribution in [2.24, 2.45) is 0 Å². The maximum atomic E-state index is 4.24. The highest BCUT2D eigenvalue weighted by molar-refractivity contribution is 7.78. The highest BCUT2D eigenvalue weighted by atomic mass is 32.1. The van der Waals surface area contributed by atoms with Crippen LogP contribution in [0, 0.1) is 0 Å². The fraction of sp³-hybridized carbons (Fsp3) is 0.571. The maximum absolute atomic E-state index is 4.24. The summed E-state index contributed by atoms with van der Waals surface area (Å²) in [6, 6.07) is 0. The third-order valence-electron chi connectivity index (χ3n) is 2.01. The van der Waals surface area contributed by atoms with Gasteiger partial charge in [-0.05, 0) is 25.7 Å². The minimum atomic E-state index is 1.14. The van der Waals surface area contributed by atoms with Crippen molar-refractivity contribution < 1.29 is 0 Å². The lowest BCUT2D eigenvalue weighted by atomic mass is 10.0. The summed E-state index contributed by atoms with van der Waals surface area (Å²) in [7, 11) is 0. The van der Waals surface area contributed by atoms with Gasteiger partial charge in [-0.3, -0.25) is 3.97 Å². The molecular weight excluding hydrogens is 144 g/mol. The Morgan fingerprint density at radius 2 is 2.20 bits per heavy atom. The van der Waals surface area contributed by atoms with Crippen LogP contribution in [0.5, 0.6) is 0 Å². The van der Waals surface area contributed by atoms with E-state index in [1.807, 2.05) is 3.97 Å². The van der Waals surface area contributed by atoms with Gasteiger partial charge < -0.3 is 0 Å². The smallest absolute Gasteiger partial charge is 0.105 e. The van der Waals surface area contributed by atoms with Gasteiger partial charge in [0.05, 0.1) is 11.4 Å². The summed E-state index contributed by atoms with van der Waals surface area (Å²) >= 11 is 4.24. The van der Waals surface area contributed by atoms with Gasteiger partial charge >= 0.3 is 0 Å². The first-order chi connectivity index (χ1) is 4.88. The molecule has 0 saturated heterocycles. The van der Waals surface area contributed by atoms with Gasteiger partial charge in [0, 0.05) is 0 Å². The fourth-order valence-electron chi connectivity index (χ4n) is 1.45. The number of aryl methyl sites for hydroxylation is 1. The Morgan fingerprint density at radius 3 is 3.00 bits per heavy atom. The van der Waals surface area contributed by atoms with Crippen LogP contribution in [0.3, 0.4) is 0 Å². The molecule has 0 N–H and O–H groups in total. The van der Waals surface area contributed by atoms with Crippen LogP contribution in [0.1, 0.15) is 24.2 Å². The van der Waals surface area contributed by atoms with Crippen LogP contribution < -0.4 is 0 Å². The van der Waals surface area contributed by atoms with Crippen molar-refractivity contribution in [3.63, 3.8) is 0 Å². The van der Waals surface area contributed by atoms with Crippen molar-refractivity contribution in [3.8, 4) is 0 Å². The molecule has 0 unspecified atom stereocenters. The second-order valence-corrected chi connectivity index (χ2v) is 3.12. The predicted octanol–water partition coefficient (Wildman–Crippen LogP) is 1.45. The second-order valence-electron chi connectivity index (χ2n) is 2.69. The molecule has 1 aromatic rings. The Balaban J connectivity index is 2.45. The summed E-state index contributed by atoms with van der Waals surface area (Å²) in [6.07, 6.45) is 6.66. The van der Waals surface area contributed by atoms with Crippen LogP contribution in [0.15, 0.2) is 6.33 Å². The van der Waals surface area contributed by atoms with E-state index in [2.05, 4.69) is 17.8 Å². The topological polar surface area (TPSA) is 17.8 Å². The van der Waals surface area contributed by atoms with Gasteiger partial charge in [0.1, 0.15) is 6.33 Å². The lowest BCUT2D eigenvalue weighted by Crippen LogP contribution is -2.03. The molecule has 2 rings (SSSR count). The van der Waals surface area contributed by atoms with E-state index in [1.165, 1.54) is 24.2 Å². The third kappa shape index (κ3) is 0.850. The van der Waals surface area contributed by atoms with Gasteiger partial charge in [0.2, 0.25) is 0 Å². The van der Waals surface area contributed by atoms with Crippen molar-refractivity contribution in [2.75, 3.05) is 0 Å². The second kappa shape index (κ2) is 2.31. The van der Waals surface area contributed by atoms with Crippen molar-refractivity contribution in [2.45, 2.75) is 25.7 Å². The first-order valence-corrected chi connectivity index (χ1v) is 4.02. The highest BCUT2D eigenvalue weighted by Gasteiger charge is 2.12. The zero-order chi connectivity index (χ0) is 6.97. The Morgan fingerprint density at radius 1 is 1.40 bits per heavy atom. The van der Waals surface area contributed by atoms with Crippen LogP contribution in [-0.2, 0) is 12.8 Å². The predicted molar refractivity (Wildman–Crippen MR) is 43.3 cm³/mol. The van der Waals surface area contributed by atoms with Gasteiger partial charge in [-0.25, -0.2) is 4.98 Å². The molecule has 3 heteroatoms. The Kier molecular flexibility index (Phi) is 1.45. The summed E-state index contributed by atoms with van der Waals surface area (Å²) < 4.78 is 1.84. The summed E-state index contributed by atoms with van der Waals surface area (Å²) in [6.45, 7) is 0. The quantitative estimate of drug-likeness (QED) is 0.560. The molecule has 0 saturated carbocycles. The number of aromatic nitrogens is 2. The van der Waals surface area contributed by atoms with Gasteiger partial charge in [-0.2, -0.15) is 0 Å². The van der Waals surface area contributed by atoms with Crippen molar-refractivity contribution in [1.29, 1.82) is 0 Å². The van der Waals surface area contributed by atoms with E-state index < -0.39 is 0 Å². The van der Waals surface area contributed by atoms with Crippen LogP contribution in [0.25, 0.3) is 0 Å². The third-order valence-corrected chi connectivity index (χ3v) is 2.35. The summed E-state index contributed by atoms with van der Waals surface area (Å²) in [5, 5.41) is 0. The average Bonchev–Trinajstić information content (AvgIpc) is 2.34. The standard InChI is InChI=1S/C7H10N2S/c10-9-5-8-6-3-1-2-4-7(6)9/h5,10H,1-4H2. The molecule has 0 bridgehead atoms. The molecule has 1 heterocycles. The Labute approximate surface area is 65.8 Å². The maximum Gasteiger partial charge on any atom is 0.105 e. The van der Waals surface area contributed by atoms with E-state index >= 15 is 0 Å². The lowest BCUT2D eigenvalue weighted by molar-refractivity contribution is 0.664. The van der Waals surface area contributed by atoms with E-state index in [0.717, 1.165) is 12.8 Å². The number of hydrogen-bond donors (Lipinski definition) is 1. The Bertz CT molecular complexity index is 242. The van der Waals surface area contributed by atoms with Crippen molar-refractivity contribution in [3.05, 3.63) is 17.7 Å². The zero-order valence-corrected chi connectivity index (χ0v) is 6.64. The fourth-order valence-corrected chi connectivity index (χ4v) is 1.72. The molecule has 0 aliphatic heterocycles. The summed E-state index contributed by atoms with van der Waals surface area (Å²) in [4.78, 5) is 4.24. The number of fused-ring (bicyclic) bond motifs is 1. The van der Waals surface area contributed by atoms with Gasteiger partial charge in [0.15, 0.2) is 0 Å². The van der Waals surface area contributed by atoms with Crippen molar-refractivity contribution in [1.82, 2.24) is 8.96 Å². The minimum absolute atomic E-state index is 1.14. The molecule has 1 aliphatic carbocycles. The molecule has 1 aliphatic rings. The zero-order valence-electron chi connectivity index (χ0n) is 5.75. The molecule has 2 nitrogen and oxygen atoms in total. The lowest BCUT2D eigenvalue weighted by Gasteiger charge is -2.09. The first kappa shape index (κ1) is 6.28. The molecule has 0 amide bonds. The highest BCUT2D eigenvalue weighted by Crippen LogP contribution is 2.19. The SMILES string of the molecule is Sn1cnc2c1CCCC2. The summed E-state index contributed by atoms with van der Waals surface area (Å²) in [5.41, 5.74) is 2.57. The number of rotatable bonds is 0.